The van der Waals surface area contributed by atoms with E-state index < -0.39 is 12.6 Å². The van der Waals surface area contributed by atoms with E-state index in [1.807, 2.05) is 6.07 Å². The Morgan fingerprint density at radius 1 is 1.00 bits per heavy atom. The first kappa shape index (κ1) is 21.9. The molecule has 2 amide bonds. The fourth-order valence-electron chi connectivity index (χ4n) is 2.12. The minimum absolute atomic E-state index is 0.00143. The third-order valence-electron chi connectivity index (χ3n) is 3.20. The Hall–Kier alpha value is -2.43. The average molecular weight is 508 g/mol. The van der Waals surface area contributed by atoms with Crippen molar-refractivity contribution in [1.29, 1.82) is 0 Å². The molecule has 0 atom stereocenters. The van der Waals surface area contributed by atoms with Gasteiger partial charge in [0.15, 0.2) is 0 Å². The second-order valence-corrected chi connectivity index (χ2v) is 12.9. The number of phenols is 1. The van der Waals surface area contributed by atoms with Crippen LogP contribution in [0, 0.1) is 0 Å². The summed E-state index contributed by atoms with van der Waals surface area (Å²) in [6.07, 6.45) is 0. The van der Waals surface area contributed by atoms with Gasteiger partial charge in [-0.15, -0.1) is 0 Å². The summed E-state index contributed by atoms with van der Waals surface area (Å²) in [6.45, 7) is 2.29. The summed E-state index contributed by atoms with van der Waals surface area (Å²) in [5.41, 5.74) is 0.900. The van der Waals surface area contributed by atoms with E-state index in [9.17, 15) is 19.5 Å². The van der Waals surface area contributed by atoms with Crippen LogP contribution >= 0.6 is 0 Å². The molecule has 0 aromatic heterocycles. The van der Waals surface area contributed by atoms with Crippen molar-refractivity contribution in [2.75, 3.05) is 17.2 Å². The molecular formula is C18H18As2N2O6. The van der Waals surface area contributed by atoms with Crippen molar-refractivity contribution in [1.82, 2.24) is 0 Å². The summed E-state index contributed by atoms with van der Waals surface area (Å²) >= 11 is -0.643. The first-order valence-corrected chi connectivity index (χ1v) is 15.1. The molecule has 0 radical (unpaired) electrons. The summed E-state index contributed by atoms with van der Waals surface area (Å²) in [6, 6.07) is 10.3. The van der Waals surface area contributed by atoms with Gasteiger partial charge in [0.1, 0.15) is 0 Å². The maximum absolute atomic E-state index is 11.2. The number of anilines is 2. The molecule has 0 heterocycles. The molecule has 8 nitrogen and oxygen atoms in total. The van der Waals surface area contributed by atoms with Crippen molar-refractivity contribution in [3.05, 3.63) is 36.4 Å². The number of carboxylic acid groups (broad SMARTS) is 1. The molecule has 0 aliphatic rings. The van der Waals surface area contributed by atoms with Crippen LogP contribution in [-0.4, -0.2) is 60.9 Å². The molecule has 2 aromatic carbocycles. The summed E-state index contributed by atoms with van der Waals surface area (Å²) in [5.74, 6) is -1.15. The third kappa shape index (κ3) is 6.95. The number of hydrogen-bond acceptors (Lipinski definition) is 5. The molecule has 146 valence electrons. The number of aliphatic carboxylic acids is 1. The van der Waals surface area contributed by atoms with Crippen LogP contribution in [0.25, 0.3) is 0 Å². The molecule has 0 saturated heterocycles. The Kier molecular flexibility index (Phi) is 7.97. The van der Waals surface area contributed by atoms with Crippen molar-refractivity contribution in [2.45, 2.75) is 13.8 Å². The van der Waals surface area contributed by atoms with Gasteiger partial charge in [-0.05, 0) is 0 Å². The van der Waals surface area contributed by atoms with Crippen LogP contribution in [0.2, 0.25) is 0 Å². The van der Waals surface area contributed by atoms with Crippen LogP contribution in [0.1, 0.15) is 13.8 Å². The minimum atomic E-state index is -1.08. The molecule has 2 rings (SSSR count). The van der Waals surface area contributed by atoms with E-state index >= 15 is 0 Å². The number of hydrogen-bond donors (Lipinski definition) is 4. The monoisotopic (exact) mass is 508 g/mol. The first-order chi connectivity index (χ1) is 13.2. The fourth-order valence-corrected chi connectivity index (χ4v) is 9.64. The number of nitrogens with one attached hydrogen (secondary N) is 2. The zero-order valence-corrected chi connectivity index (χ0v) is 18.8. The van der Waals surface area contributed by atoms with Gasteiger partial charge in [0.25, 0.3) is 0 Å². The SMILES string of the molecule is CC(=O)Nc1ccc([As]=[As]c2ccc(O)c(NC(C)=O)c2)c(OCC(=O)O)c1. The van der Waals surface area contributed by atoms with Crippen molar-refractivity contribution in [2.24, 2.45) is 0 Å². The van der Waals surface area contributed by atoms with Gasteiger partial charge in [0.2, 0.25) is 0 Å². The van der Waals surface area contributed by atoms with E-state index in [4.69, 9.17) is 9.84 Å². The summed E-state index contributed by atoms with van der Waals surface area (Å²) in [7, 11) is 0. The third-order valence-corrected chi connectivity index (χ3v) is 11.7. The van der Waals surface area contributed by atoms with Crippen LogP contribution in [0.15, 0.2) is 36.4 Å². The van der Waals surface area contributed by atoms with Gasteiger partial charge >= 0.3 is 172 Å². The van der Waals surface area contributed by atoms with Crippen LogP contribution in [-0.2, 0) is 14.4 Å². The predicted molar refractivity (Wildman–Crippen MR) is 107 cm³/mol. The zero-order valence-electron chi connectivity index (χ0n) is 15.1. The number of benzene rings is 2. The van der Waals surface area contributed by atoms with Crippen molar-refractivity contribution in [3.8, 4) is 11.5 Å². The summed E-state index contributed by atoms with van der Waals surface area (Å²) < 4.78 is 7.31. The Morgan fingerprint density at radius 3 is 2.36 bits per heavy atom. The maximum atomic E-state index is 11.2. The summed E-state index contributed by atoms with van der Waals surface area (Å²) in [4.78, 5) is 33.3. The standard InChI is InChI=1S/C18H18As2N2O6/c1-10(23)21-13-4-5-14(17(8-13)28-9-18(26)27)20-19-12-3-6-16(25)15(7-12)22-11(2)24/h3-8,25H,9H2,1-2H3,(H,21,23)(H,22,24)(H,26,27). The number of aromatic hydroxyl groups is 1. The summed E-state index contributed by atoms with van der Waals surface area (Å²) in [5, 5.41) is 23.9. The van der Waals surface area contributed by atoms with Crippen LogP contribution in [0.3, 0.4) is 0 Å². The molecule has 2 aromatic rings. The van der Waals surface area contributed by atoms with E-state index in [1.165, 1.54) is 13.8 Å². The van der Waals surface area contributed by atoms with Crippen molar-refractivity contribution in [3.63, 3.8) is 0 Å². The van der Waals surface area contributed by atoms with Crippen molar-refractivity contribution >= 4 is 64.1 Å². The fraction of sp³-hybridized carbons (Fsp3) is 0.167. The van der Waals surface area contributed by atoms with Crippen LogP contribution < -0.4 is 24.1 Å². The molecule has 0 fully saturated rings. The molecule has 0 bridgehead atoms. The first-order valence-electron chi connectivity index (χ1n) is 8.03. The van der Waals surface area contributed by atoms with Gasteiger partial charge < -0.3 is 0 Å². The van der Waals surface area contributed by atoms with E-state index in [-0.39, 0.29) is 43.8 Å². The van der Waals surface area contributed by atoms with Crippen molar-refractivity contribution < 1.29 is 29.3 Å². The Labute approximate surface area is 172 Å². The number of ether oxygens (including phenoxy) is 1. The van der Waals surface area contributed by atoms with Gasteiger partial charge in [-0.1, -0.05) is 0 Å². The average Bonchev–Trinajstić information content (AvgIpc) is 2.60. The zero-order chi connectivity index (χ0) is 20.7. The van der Waals surface area contributed by atoms with E-state index in [0.29, 0.717) is 17.1 Å². The normalized spacial score (nSPS) is 10.5. The Bertz CT molecular complexity index is 946. The van der Waals surface area contributed by atoms with E-state index in [2.05, 4.69) is 10.6 Å². The number of rotatable bonds is 7. The van der Waals surface area contributed by atoms with Gasteiger partial charge in [-0.25, -0.2) is 0 Å². The molecule has 0 spiro atoms. The molecule has 0 aliphatic carbocycles. The second-order valence-electron chi connectivity index (χ2n) is 5.63. The Morgan fingerprint density at radius 2 is 1.71 bits per heavy atom. The Balaban J connectivity index is 2.31. The van der Waals surface area contributed by atoms with Gasteiger partial charge in [-0.3, -0.25) is 0 Å². The quantitative estimate of drug-likeness (QED) is 0.310. The molecule has 28 heavy (non-hydrogen) atoms. The van der Waals surface area contributed by atoms with E-state index in [1.54, 1.807) is 30.3 Å². The number of carbonyl (C=O) groups excluding carboxylic acids is 2. The van der Waals surface area contributed by atoms with Crippen LogP contribution in [0.5, 0.6) is 11.5 Å². The van der Waals surface area contributed by atoms with Gasteiger partial charge in [-0.2, -0.15) is 0 Å². The number of carbonyl (C=O) groups is 3. The van der Waals surface area contributed by atoms with E-state index in [0.717, 1.165) is 8.70 Å². The molecular weight excluding hydrogens is 490 g/mol. The van der Waals surface area contributed by atoms with Gasteiger partial charge in [0, 0.05) is 0 Å². The number of carboxylic acids is 1. The second kappa shape index (κ2) is 10.2. The predicted octanol–water partition coefficient (Wildman–Crippen LogP) is 0.0466. The molecule has 0 aliphatic heterocycles. The molecule has 0 unspecified atom stereocenters. The van der Waals surface area contributed by atoms with Gasteiger partial charge in [0.05, 0.1) is 0 Å². The molecule has 0 saturated carbocycles. The number of phenolic OH excluding ortho intramolecular Hbond substituents is 1. The van der Waals surface area contributed by atoms with Crippen LogP contribution in [0.4, 0.5) is 11.4 Å². The molecule has 4 N–H and O–H groups in total. The molecule has 10 heteroatoms. The number of amides is 2. The topological polar surface area (TPSA) is 125 Å².